The number of ether oxygens (including phenoxy) is 3. The van der Waals surface area contributed by atoms with Gasteiger partial charge in [-0.2, -0.15) is 0 Å². The van der Waals surface area contributed by atoms with Crippen LogP contribution in [0.2, 0.25) is 0 Å². The van der Waals surface area contributed by atoms with Crippen LogP contribution in [0.3, 0.4) is 0 Å². The van der Waals surface area contributed by atoms with Crippen LogP contribution in [0.25, 0.3) is 0 Å². The Hall–Kier alpha value is -0.200. The largest absolute Gasteiger partial charge is 0.394 e. The Morgan fingerprint density at radius 2 is 0.698 bits per heavy atom. The minimum atomic E-state index is -0.661. The molecule has 0 radical (unpaired) electrons. The van der Waals surface area contributed by atoms with Gasteiger partial charge in [0.05, 0.1) is 26.4 Å². The molecule has 2 N–H and O–H groups in total. The molecule has 1 unspecified atom stereocenters. The first-order valence-electron chi connectivity index (χ1n) is 19.3. The second kappa shape index (κ2) is 38.0. The summed E-state index contributed by atoms with van der Waals surface area (Å²) in [4.78, 5) is 0. The lowest BCUT2D eigenvalue weighted by molar-refractivity contribution is -0.0830. The third kappa shape index (κ3) is 36.1. The van der Waals surface area contributed by atoms with Gasteiger partial charge in [-0.3, -0.25) is 0 Å². The molecule has 0 spiro atoms. The minimum Gasteiger partial charge on any atom is -0.394 e. The molecule has 0 aromatic carbocycles. The fraction of sp³-hybridized carbons (Fsp3) is 1.00. The maximum atomic E-state index is 10.1. The number of hydrogen-bond donors (Lipinski definition) is 2. The molecule has 0 rings (SSSR count). The van der Waals surface area contributed by atoms with Crippen molar-refractivity contribution < 1.29 is 24.4 Å². The predicted molar refractivity (Wildman–Crippen MR) is 185 cm³/mol. The highest BCUT2D eigenvalue weighted by atomic mass is 16.5. The van der Waals surface area contributed by atoms with Crippen molar-refractivity contribution in [3.05, 3.63) is 0 Å². The molecule has 0 heterocycles. The summed E-state index contributed by atoms with van der Waals surface area (Å²) in [5.41, 5.74) is 0. The van der Waals surface area contributed by atoms with Gasteiger partial charge in [0.2, 0.25) is 0 Å². The van der Waals surface area contributed by atoms with E-state index in [4.69, 9.17) is 14.2 Å². The second-order valence-electron chi connectivity index (χ2n) is 13.1. The lowest BCUT2D eigenvalue weighted by Gasteiger charge is -2.18. The van der Waals surface area contributed by atoms with E-state index >= 15 is 0 Å². The van der Waals surface area contributed by atoms with Gasteiger partial charge >= 0.3 is 0 Å². The molecule has 0 aromatic heterocycles. The summed E-state index contributed by atoms with van der Waals surface area (Å²) in [7, 11) is 0. The summed E-state index contributed by atoms with van der Waals surface area (Å²) in [5.74, 6) is 0. The van der Waals surface area contributed by atoms with Crippen LogP contribution in [0, 0.1) is 0 Å². The molecular formula is C38H78O5. The number of rotatable bonds is 38. The van der Waals surface area contributed by atoms with Gasteiger partial charge in [0.15, 0.2) is 0 Å². The Balaban J connectivity index is 3.36. The van der Waals surface area contributed by atoms with Crippen LogP contribution in [0.4, 0.5) is 0 Å². The van der Waals surface area contributed by atoms with Crippen LogP contribution in [0.1, 0.15) is 194 Å². The van der Waals surface area contributed by atoms with Crippen molar-refractivity contribution >= 4 is 0 Å². The lowest BCUT2D eigenvalue weighted by Crippen LogP contribution is -2.30. The van der Waals surface area contributed by atoms with E-state index < -0.39 is 6.10 Å². The molecule has 0 aliphatic rings. The SMILES string of the molecule is CCCCCCCCCCCCCCCCOCC(CO)OC[C@H](O)COCCCCCCCCCCCCCCCC. The van der Waals surface area contributed by atoms with E-state index in [0.717, 1.165) is 12.8 Å². The first-order valence-corrected chi connectivity index (χ1v) is 19.3. The molecule has 5 heteroatoms. The molecule has 0 fully saturated rings. The van der Waals surface area contributed by atoms with Gasteiger partial charge in [0.25, 0.3) is 0 Å². The maximum absolute atomic E-state index is 10.1. The molecule has 0 saturated heterocycles. The van der Waals surface area contributed by atoms with Crippen LogP contribution in [0.5, 0.6) is 0 Å². The molecule has 43 heavy (non-hydrogen) atoms. The van der Waals surface area contributed by atoms with Gasteiger partial charge in [-0.05, 0) is 12.8 Å². The Kier molecular flexibility index (Phi) is 37.8. The Morgan fingerprint density at radius 3 is 1.02 bits per heavy atom. The van der Waals surface area contributed by atoms with E-state index in [2.05, 4.69) is 13.8 Å². The number of hydrogen-bond acceptors (Lipinski definition) is 5. The van der Waals surface area contributed by atoms with Gasteiger partial charge < -0.3 is 24.4 Å². The van der Waals surface area contributed by atoms with Gasteiger partial charge in [-0.1, -0.05) is 181 Å². The highest BCUT2D eigenvalue weighted by Crippen LogP contribution is 2.14. The summed E-state index contributed by atoms with van der Waals surface area (Å²) in [6.45, 7) is 6.71. The topological polar surface area (TPSA) is 68.2 Å². The van der Waals surface area contributed by atoms with E-state index in [1.54, 1.807) is 0 Å². The molecule has 0 amide bonds. The average Bonchev–Trinajstić information content (AvgIpc) is 3.02. The van der Waals surface area contributed by atoms with E-state index in [1.165, 1.54) is 167 Å². The summed E-state index contributed by atoms with van der Waals surface area (Å²) in [5, 5.41) is 19.7. The van der Waals surface area contributed by atoms with E-state index in [0.29, 0.717) is 19.8 Å². The zero-order valence-electron chi connectivity index (χ0n) is 29.3. The summed E-state index contributed by atoms with van der Waals surface area (Å²) in [6.07, 6.45) is 36.7. The molecule has 5 nitrogen and oxygen atoms in total. The van der Waals surface area contributed by atoms with E-state index in [-0.39, 0.29) is 25.9 Å². The Morgan fingerprint density at radius 1 is 0.395 bits per heavy atom. The Bertz CT molecular complexity index is 489. The summed E-state index contributed by atoms with van der Waals surface area (Å²) in [6, 6.07) is 0. The van der Waals surface area contributed by atoms with Gasteiger partial charge in [-0.15, -0.1) is 0 Å². The van der Waals surface area contributed by atoms with Crippen molar-refractivity contribution in [2.24, 2.45) is 0 Å². The second-order valence-corrected chi connectivity index (χ2v) is 13.1. The normalized spacial score (nSPS) is 13.1. The summed E-state index contributed by atoms with van der Waals surface area (Å²) >= 11 is 0. The molecule has 0 aliphatic heterocycles. The monoisotopic (exact) mass is 615 g/mol. The third-order valence-electron chi connectivity index (χ3n) is 8.63. The van der Waals surface area contributed by atoms with Gasteiger partial charge in [-0.25, -0.2) is 0 Å². The fourth-order valence-corrected chi connectivity index (χ4v) is 5.68. The average molecular weight is 615 g/mol. The van der Waals surface area contributed by atoms with Crippen LogP contribution in [0.15, 0.2) is 0 Å². The highest BCUT2D eigenvalue weighted by molar-refractivity contribution is 4.59. The first-order chi connectivity index (χ1) is 21.2. The van der Waals surface area contributed by atoms with Crippen LogP contribution in [-0.2, 0) is 14.2 Å². The van der Waals surface area contributed by atoms with Crippen LogP contribution < -0.4 is 0 Å². The number of unbranched alkanes of at least 4 members (excludes halogenated alkanes) is 26. The highest BCUT2D eigenvalue weighted by Gasteiger charge is 2.12. The lowest BCUT2D eigenvalue weighted by atomic mass is 10.0. The molecule has 0 saturated carbocycles. The fourth-order valence-electron chi connectivity index (χ4n) is 5.68. The number of aliphatic hydroxyl groups is 2. The van der Waals surface area contributed by atoms with Crippen molar-refractivity contribution in [2.45, 2.75) is 206 Å². The molecule has 0 aliphatic carbocycles. The van der Waals surface area contributed by atoms with E-state index in [9.17, 15) is 10.2 Å². The summed E-state index contributed by atoms with van der Waals surface area (Å²) < 4.78 is 17.0. The smallest absolute Gasteiger partial charge is 0.104 e. The molecule has 2 atom stereocenters. The van der Waals surface area contributed by atoms with Crippen molar-refractivity contribution in [2.75, 3.05) is 39.6 Å². The van der Waals surface area contributed by atoms with Crippen molar-refractivity contribution in [1.29, 1.82) is 0 Å². The predicted octanol–water partition coefficient (Wildman–Crippen LogP) is 10.7. The van der Waals surface area contributed by atoms with E-state index in [1.807, 2.05) is 0 Å². The molecule has 0 bridgehead atoms. The minimum absolute atomic E-state index is 0.0919. The molecular weight excluding hydrogens is 536 g/mol. The van der Waals surface area contributed by atoms with Crippen molar-refractivity contribution in [1.82, 2.24) is 0 Å². The number of aliphatic hydroxyl groups excluding tert-OH is 2. The zero-order valence-corrected chi connectivity index (χ0v) is 29.3. The standard InChI is InChI=1S/C38H78O5/c1-3-5-7-9-11-13-15-17-19-21-23-25-27-29-31-41-34-37(40)35-43-38(33-39)36-42-32-30-28-26-24-22-20-18-16-14-12-10-8-6-4-2/h37-40H,3-36H2,1-2H3/t37-,38?/m1/s1. The van der Waals surface area contributed by atoms with Crippen LogP contribution >= 0.6 is 0 Å². The molecule has 260 valence electrons. The van der Waals surface area contributed by atoms with Gasteiger partial charge in [0, 0.05) is 13.2 Å². The van der Waals surface area contributed by atoms with Gasteiger partial charge in [0.1, 0.15) is 12.2 Å². The van der Waals surface area contributed by atoms with Crippen molar-refractivity contribution in [3.63, 3.8) is 0 Å². The molecule has 0 aromatic rings. The first kappa shape index (κ1) is 42.8. The van der Waals surface area contributed by atoms with Crippen molar-refractivity contribution in [3.8, 4) is 0 Å². The Labute approximate surface area is 269 Å². The maximum Gasteiger partial charge on any atom is 0.104 e. The van der Waals surface area contributed by atoms with Crippen LogP contribution in [-0.4, -0.2) is 62.1 Å². The quantitative estimate of drug-likeness (QED) is 0.0677. The third-order valence-corrected chi connectivity index (χ3v) is 8.63. The zero-order chi connectivity index (χ0) is 31.3.